The van der Waals surface area contributed by atoms with Gasteiger partial charge >= 0.3 is 0 Å². The molecular formula is C27H25IOS. The molecule has 0 fully saturated rings. The Kier molecular flexibility index (Phi) is 7.00. The summed E-state index contributed by atoms with van der Waals surface area (Å²) in [6.45, 7) is 2.94. The zero-order chi connectivity index (χ0) is 20.9. The number of thioether (sulfide) groups is 1. The van der Waals surface area contributed by atoms with Gasteiger partial charge in [-0.3, -0.25) is 0 Å². The van der Waals surface area contributed by atoms with E-state index in [2.05, 4.69) is 115 Å². The summed E-state index contributed by atoms with van der Waals surface area (Å²) < 4.78 is 7.50. The van der Waals surface area contributed by atoms with Crippen LogP contribution in [-0.2, 0) is 0 Å². The topological polar surface area (TPSA) is 9.23 Å². The zero-order valence-corrected chi connectivity index (χ0v) is 20.3. The number of rotatable bonds is 7. The maximum Gasteiger partial charge on any atom is 0.128 e. The van der Waals surface area contributed by atoms with Crippen LogP contribution >= 0.6 is 34.4 Å². The van der Waals surface area contributed by atoms with Gasteiger partial charge in [0.05, 0.1) is 6.61 Å². The summed E-state index contributed by atoms with van der Waals surface area (Å²) >= 11 is 4.25. The molecule has 152 valence electrons. The summed E-state index contributed by atoms with van der Waals surface area (Å²) in [5.74, 6) is 0.979. The zero-order valence-electron chi connectivity index (χ0n) is 17.3. The van der Waals surface area contributed by atoms with E-state index in [1.165, 1.54) is 41.5 Å². The summed E-state index contributed by atoms with van der Waals surface area (Å²) in [5.41, 5.74) is 5.02. The monoisotopic (exact) mass is 524 g/mol. The van der Waals surface area contributed by atoms with Crippen molar-refractivity contribution in [3.63, 3.8) is 0 Å². The highest BCUT2D eigenvalue weighted by Crippen LogP contribution is 2.43. The molecule has 4 rings (SSSR count). The summed E-state index contributed by atoms with van der Waals surface area (Å²) in [5, 5.41) is 2.44. The van der Waals surface area contributed by atoms with E-state index in [4.69, 9.17) is 4.74 Å². The van der Waals surface area contributed by atoms with E-state index in [1.54, 1.807) is 11.8 Å². The molecule has 4 aromatic rings. The molecule has 0 atom stereocenters. The highest BCUT2D eigenvalue weighted by atomic mass is 127. The minimum Gasteiger partial charge on any atom is -0.493 e. The molecule has 0 heterocycles. The highest BCUT2D eigenvalue weighted by Gasteiger charge is 2.17. The first kappa shape index (κ1) is 21.3. The quantitative estimate of drug-likeness (QED) is 0.136. The Morgan fingerprint density at radius 3 is 2.13 bits per heavy atom. The fourth-order valence-electron chi connectivity index (χ4n) is 3.74. The van der Waals surface area contributed by atoms with Crippen molar-refractivity contribution in [1.82, 2.24) is 0 Å². The normalized spacial score (nSPS) is 11.0. The molecular weight excluding hydrogens is 499 g/mol. The van der Waals surface area contributed by atoms with Gasteiger partial charge < -0.3 is 4.74 Å². The standard InChI is InChI=1S/C27H25IOS/c1-3-4-15-29-25-18-24(28)27(20-13-9-6-10-14-20)23-17-26(30-2)21(16-22(23)25)19-11-7-5-8-12-19/h5-14,16-18H,3-4,15H2,1-2H3. The Hall–Kier alpha value is -1.98. The van der Waals surface area contributed by atoms with Crippen LogP contribution in [0.1, 0.15) is 19.8 Å². The van der Waals surface area contributed by atoms with Crippen molar-refractivity contribution in [1.29, 1.82) is 0 Å². The molecule has 0 saturated carbocycles. The summed E-state index contributed by atoms with van der Waals surface area (Å²) in [6.07, 6.45) is 4.35. The molecule has 1 nitrogen and oxygen atoms in total. The van der Waals surface area contributed by atoms with Crippen LogP contribution in [0.5, 0.6) is 5.75 Å². The third-order valence-corrected chi connectivity index (χ3v) is 6.90. The van der Waals surface area contributed by atoms with Gasteiger partial charge in [0.25, 0.3) is 0 Å². The van der Waals surface area contributed by atoms with Gasteiger partial charge in [-0.15, -0.1) is 11.8 Å². The number of fused-ring (bicyclic) bond motifs is 1. The van der Waals surface area contributed by atoms with Crippen LogP contribution in [0.3, 0.4) is 0 Å². The van der Waals surface area contributed by atoms with Crippen molar-refractivity contribution >= 4 is 45.1 Å². The van der Waals surface area contributed by atoms with Crippen LogP contribution in [0.15, 0.2) is 83.8 Å². The Bertz CT molecular complexity index is 1140. The molecule has 0 amide bonds. The molecule has 0 aliphatic carbocycles. The molecule has 0 N–H and O–H groups in total. The number of unbranched alkanes of at least 4 members (excludes halogenated alkanes) is 1. The van der Waals surface area contributed by atoms with Gasteiger partial charge in [-0.25, -0.2) is 0 Å². The van der Waals surface area contributed by atoms with E-state index in [0.29, 0.717) is 0 Å². The van der Waals surface area contributed by atoms with E-state index in [9.17, 15) is 0 Å². The smallest absolute Gasteiger partial charge is 0.128 e. The second-order valence-electron chi connectivity index (χ2n) is 7.26. The number of ether oxygens (including phenoxy) is 1. The van der Waals surface area contributed by atoms with Crippen molar-refractivity contribution < 1.29 is 4.74 Å². The summed E-state index contributed by atoms with van der Waals surface area (Å²) in [7, 11) is 0. The lowest BCUT2D eigenvalue weighted by Gasteiger charge is -2.18. The minimum absolute atomic E-state index is 0.747. The van der Waals surface area contributed by atoms with Gasteiger partial charge in [0, 0.05) is 19.4 Å². The first-order valence-corrected chi connectivity index (χ1v) is 12.6. The number of hydrogen-bond acceptors (Lipinski definition) is 2. The lowest BCUT2D eigenvalue weighted by Crippen LogP contribution is -1.99. The number of halogens is 1. The van der Waals surface area contributed by atoms with Crippen LogP contribution in [0.2, 0.25) is 0 Å². The molecule has 4 aromatic carbocycles. The second-order valence-corrected chi connectivity index (χ2v) is 9.27. The summed E-state index contributed by atoms with van der Waals surface area (Å²) in [6, 6.07) is 28.2. The van der Waals surface area contributed by atoms with Gasteiger partial charge in [0.15, 0.2) is 0 Å². The molecule has 3 heteroatoms. The lowest BCUT2D eigenvalue weighted by molar-refractivity contribution is 0.313. The van der Waals surface area contributed by atoms with Gasteiger partial charge in [-0.1, -0.05) is 74.0 Å². The van der Waals surface area contributed by atoms with Crippen molar-refractivity contribution in [2.24, 2.45) is 0 Å². The van der Waals surface area contributed by atoms with Crippen LogP contribution < -0.4 is 4.74 Å². The van der Waals surface area contributed by atoms with Crippen molar-refractivity contribution in [3.05, 3.63) is 82.4 Å². The van der Waals surface area contributed by atoms with Gasteiger partial charge in [-0.2, -0.15) is 0 Å². The average molecular weight is 524 g/mol. The van der Waals surface area contributed by atoms with Gasteiger partial charge in [-0.05, 0) is 75.5 Å². The van der Waals surface area contributed by atoms with Crippen molar-refractivity contribution in [2.75, 3.05) is 12.9 Å². The number of hydrogen-bond donors (Lipinski definition) is 0. The molecule has 0 aromatic heterocycles. The van der Waals surface area contributed by atoms with E-state index in [-0.39, 0.29) is 0 Å². The molecule has 0 bridgehead atoms. The van der Waals surface area contributed by atoms with E-state index in [1.807, 2.05) is 0 Å². The Labute approximate surface area is 197 Å². The van der Waals surface area contributed by atoms with Crippen LogP contribution in [0.4, 0.5) is 0 Å². The molecule has 0 spiro atoms. The minimum atomic E-state index is 0.747. The lowest BCUT2D eigenvalue weighted by atomic mass is 9.94. The van der Waals surface area contributed by atoms with Crippen molar-refractivity contribution in [3.8, 4) is 28.0 Å². The molecule has 0 aliphatic heterocycles. The highest BCUT2D eigenvalue weighted by molar-refractivity contribution is 14.1. The average Bonchev–Trinajstić information content (AvgIpc) is 2.79. The first-order valence-electron chi connectivity index (χ1n) is 10.3. The third-order valence-electron chi connectivity index (χ3n) is 5.27. The van der Waals surface area contributed by atoms with Crippen LogP contribution in [0, 0.1) is 3.57 Å². The predicted octanol–water partition coefficient (Wildman–Crippen LogP) is 8.68. The third kappa shape index (κ3) is 4.37. The molecule has 0 saturated heterocycles. The maximum absolute atomic E-state index is 6.28. The number of benzene rings is 4. The Balaban J connectivity index is 2.00. The molecule has 0 unspecified atom stereocenters. The SMILES string of the molecule is CCCCOc1cc(I)c(-c2ccccc2)c2cc(SC)c(-c3ccccc3)cc12. The van der Waals surface area contributed by atoms with Crippen molar-refractivity contribution in [2.45, 2.75) is 24.7 Å². The van der Waals surface area contributed by atoms with Gasteiger partial charge in [0.1, 0.15) is 5.75 Å². The molecule has 0 radical (unpaired) electrons. The van der Waals surface area contributed by atoms with E-state index < -0.39 is 0 Å². The Morgan fingerprint density at radius 2 is 1.50 bits per heavy atom. The molecule has 0 aliphatic rings. The van der Waals surface area contributed by atoms with Gasteiger partial charge in [0.2, 0.25) is 0 Å². The largest absolute Gasteiger partial charge is 0.493 e. The predicted molar refractivity (Wildman–Crippen MR) is 140 cm³/mol. The Morgan fingerprint density at radius 1 is 0.833 bits per heavy atom. The van der Waals surface area contributed by atoms with Crippen LogP contribution in [-0.4, -0.2) is 12.9 Å². The van der Waals surface area contributed by atoms with E-state index in [0.717, 1.165) is 25.2 Å². The fraction of sp³-hybridized carbons (Fsp3) is 0.185. The van der Waals surface area contributed by atoms with Crippen LogP contribution in [0.25, 0.3) is 33.0 Å². The fourth-order valence-corrected chi connectivity index (χ4v) is 5.26. The molecule has 30 heavy (non-hydrogen) atoms. The van der Waals surface area contributed by atoms with E-state index >= 15 is 0 Å². The summed E-state index contributed by atoms with van der Waals surface area (Å²) in [4.78, 5) is 1.28. The second kappa shape index (κ2) is 9.88. The first-order chi connectivity index (χ1) is 14.7. The maximum atomic E-state index is 6.28.